The highest BCUT2D eigenvalue weighted by molar-refractivity contribution is 7.96. The first-order chi connectivity index (χ1) is 11.3. The zero-order valence-corrected chi connectivity index (χ0v) is 14.7. The molecular weight excluding hydrogens is 354 g/mol. The van der Waals surface area contributed by atoms with Crippen LogP contribution in [0.3, 0.4) is 0 Å². The van der Waals surface area contributed by atoms with Gasteiger partial charge in [0.25, 0.3) is 5.91 Å². The number of carbonyl (C=O) groups excluding carboxylic acids is 1. The van der Waals surface area contributed by atoms with Crippen LogP contribution < -0.4 is 0 Å². The van der Waals surface area contributed by atoms with Crippen molar-refractivity contribution < 1.29 is 26.4 Å². The lowest BCUT2D eigenvalue weighted by molar-refractivity contribution is 0.0302. The van der Waals surface area contributed by atoms with E-state index in [0.29, 0.717) is 31.9 Å². The first-order valence-corrected chi connectivity index (χ1v) is 11.1. The molecule has 0 saturated carbocycles. The molecule has 0 aromatic heterocycles. The number of morpholine rings is 1. The van der Waals surface area contributed by atoms with Crippen molar-refractivity contribution in [2.45, 2.75) is 16.6 Å². The van der Waals surface area contributed by atoms with Crippen LogP contribution >= 0.6 is 0 Å². The Bertz CT molecular complexity index is 840. The van der Waals surface area contributed by atoms with Gasteiger partial charge in [0.2, 0.25) is 0 Å². The Balaban J connectivity index is 1.86. The van der Waals surface area contributed by atoms with Crippen LogP contribution in [0.2, 0.25) is 0 Å². The summed E-state index contributed by atoms with van der Waals surface area (Å²) in [4.78, 5) is 14.1. The van der Waals surface area contributed by atoms with Crippen molar-refractivity contribution in [3.05, 3.63) is 29.8 Å². The van der Waals surface area contributed by atoms with E-state index in [9.17, 15) is 21.6 Å². The fourth-order valence-electron chi connectivity index (χ4n) is 2.95. The Morgan fingerprint density at radius 3 is 2.54 bits per heavy atom. The molecule has 2 aliphatic rings. The quantitative estimate of drug-likeness (QED) is 0.746. The first kappa shape index (κ1) is 17.4. The van der Waals surface area contributed by atoms with Gasteiger partial charge in [-0.25, -0.2) is 16.8 Å². The number of carbonyl (C=O) groups is 1. The van der Waals surface area contributed by atoms with Crippen LogP contribution in [-0.2, 0) is 24.4 Å². The minimum absolute atomic E-state index is 0.00343. The summed E-state index contributed by atoms with van der Waals surface area (Å²) in [5.41, 5.74) is 0.291. The van der Waals surface area contributed by atoms with Gasteiger partial charge < -0.3 is 9.64 Å². The van der Waals surface area contributed by atoms with Gasteiger partial charge in [0.1, 0.15) is 0 Å². The van der Waals surface area contributed by atoms with Crippen LogP contribution in [0.4, 0.5) is 0 Å². The van der Waals surface area contributed by atoms with Crippen LogP contribution in [0, 0.1) is 0 Å². The summed E-state index contributed by atoms with van der Waals surface area (Å²) in [5.74, 6) is -0.699. The number of sulfone groups is 2. The molecule has 7 nitrogen and oxygen atoms in total. The van der Waals surface area contributed by atoms with Crippen LogP contribution in [0.25, 0.3) is 0 Å². The molecule has 1 aromatic carbocycles. The van der Waals surface area contributed by atoms with Gasteiger partial charge in [-0.2, -0.15) is 0 Å². The highest BCUT2D eigenvalue weighted by Crippen LogP contribution is 2.26. The Morgan fingerprint density at radius 1 is 1.21 bits per heavy atom. The fraction of sp³-hybridized carbons (Fsp3) is 0.533. The number of amides is 1. The molecular formula is C15H19NO6S2. The molecule has 0 N–H and O–H groups in total. The van der Waals surface area contributed by atoms with E-state index in [1.807, 2.05) is 0 Å². The normalized spacial score (nSPS) is 24.0. The summed E-state index contributed by atoms with van der Waals surface area (Å²) in [7, 11) is -7.07. The monoisotopic (exact) mass is 373 g/mol. The lowest BCUT2D eigenvalue weighted by Crippen LogP contribution is -2.40. The maximum absolute atomic E-state index is 12.7. The molecule has 2 aliphatic heterocycles. The van der Waals surface area contributed by atoms with E-state index >= 15 is 0 Å². The maximum atomic E-state index is 12.7. The van der Waals surface area contributed by atoms with E-state index < -0.39 is 24.9 Å². The number of nitrogens with zero attached hydrogens (tertiary/aromatic N) is 1. The van der Waals surface area contributed by atoms with Gasteiger partial charge in [-0.05, 0) is 24.6 Å². The molecule has 1 atom stereocenters. The highest BCUT2D eigenvalue weighted by atomic mass is 32.2. The highest BCUT2D eigenvalue weighted by Gasteiger charge is 2.38. The van der Waals surface area contributed by atoms with Crippen LogP contribution in [0.5, 0.6) is 0 Å². The molecule has 0 spiro atoms. The van der Waals surface area contributed by atoms with Gasteiger partial charge in [0.15, 0.2) is 19.7 Å². The van der Waals surface area contributed by atoms with Crippen molar-refractivity contribution >= 4 is 25.6 Å². The topological polar surface area (TPSA) is 97.8 Å². The average molecular weight is 373 g/mol. The molecule has 132 valence electrons. The molecule has 2 saturated heterocycles. The Labute approximate surface area is 141 Å². The minimum atomic E-state index is -3.77. The van der Waals surface area contributed by atoms with Gasteiger partial charge >= 0.3 is 0 Å². The lowest BCUT2D eigenvalue weighted by Gasteiger charge is -2.27. The number of ether oxygens (including phenoxy) is 1. The molecule has 0 unspecified atom stereocenters. The van der Waals surface area contributed by atoms with Crippen molar-refractivity contribution in [3.8, 4) is 0 Å². The van der Waals surface area contributed by atoms with Crippen molar-refractivity contribution in [2.24, 2.45) is 0 Å². The summed E-state index contributed by atoms with van der Waals surface area (Å²) in [6, 6.07) is 5.85. The minimum Gasteiger partial charge on any atom is -0.378 e. The summed E-state index contributed by atoms with van der Waals surface area (Å²) in [5, 5.41) is -0.934. The molecule has 0 aliphatic carbocycles. The standard InChI is InChI=1S/C15H19NO6S2/c17-15(16-5-7-22-8-6-16)12-2-1-3-13(10-12)24(20,21)14-4-9-23(18,19)11-14/h1-3,10,14H,4-9,11H2/t14-/m1/s1. The van der Waals surface area contributed by atoms with Crippen molar-refractivity contribution in [2.75, 3.05) is 37.8 Å². The fourth-order valence-corrected chi connectivity index (χ4v) is 7.36. The summed E-state index contributed by atoms with van der Waals surface area (Å²) in [6.45, 7) is 1.86. The third-order valence-electron chi connectivity index (χ3n) is 4.34. The van der Waals surface area contributed by atoms with Crippen molar-refractivity contribution in [1.29, 1.82) is 0 Å². The van der Waals surface area contributed by atoms with Gasteiger partial charge in [-0.3, -0.25) is 4.79 Å². The smallest absolute Gasteiger partial charge is 0.254 e. The second-order valence-electron chi connectivity index (χ2n) is 6.00. The Morgan fingerprint density at radius 2 is 1.92 bits per heavy atom. The molecule has 2 heterocycles. The zero-order valence-electron chi connectivity index (χ0n) is 13.0. The second-order valence-corrected chi connectivity index (χ2v) is 10.5. The first-order valence-electron chi connectivity index (χ1n) is 7.71. The molecule has 9 heteroatoms. The van der Waals surface area contributed by atoms with Gasteiger partial charge in [-0.1, -0.05) is 6.07 Å². The van der Waals surface area contributed by atoms with E-state index in [1.54, 1.807) is 11.0 Å². The molecule has 24 heavy (non-hydrogen) atoms. The number of rotatable bonds is 3. The largest absolute Gasteiger partial charge is 0.378 e. The van der Waals surface area contributed by atoms with E-state index in [1.165, 1.54) is 18.2 Å². The number of benzene rings is 1. The molecule has 1 aromatic rings. The average Bonchev–Trinajstić information content (AvgIpc) is 2.96. The summed E-state index contributed by atoms with van der Waals surface area (Å²) in [6.07, 6.45) is 0.103. The zero-order chi connectivity index (χ0) is 17.4. The lowest BCUT2D eigenvalue weighted by atomic mass is 10.2. The van der Waals surface area contributed by atoms with Crippen LogP contribution in [-0.4, -0.2) is 70.7 Å². The van der Waals surface area contributed by atoms with E-state index in [-0.39, 0.29) is 28.7 Å². The summed E-state index contributed by atoms with van der Waals surface area (Å²) >= 11 is 0. The number of hydrogen-bond acceptors (Lipinski definition) is 6. The second kappa shape index (κ2) is 6.45. The SMILES string of the molecule is O=C(c1cccc(S(=O)(=O)[C@@H]2CCS(=O)(=O)C2)c1)N1CCOCC1. The van der Waals surface area contributed by atoms with Crippen LogP contribution in [0.1, 0.15) is 16.8 Å². The maximum Gasteiger partial charge on any atom is 0.254 e. The van der Waals surface area contributed by atoms with E-state index in [0.717, 1.165) is 0 Å². The van der Waals surface area contributed by atoms with Gasteiger partial charge in [0.05, 0.1) is 34.9 Å². The Hall–Kier alpha value is -1.45. The third kappa shape index (κ3) is 3.47. The van der Waals surface area contributed by atoms with Crippen molar-refractivity contribution in [1.82, 2.24) is 4.90 Å². The van der Waals surface area contributed by atoms with E-state index in [2.05, 4.69) is 0 Å². The summed E-state index contributed by atoms with van der Waals surface area (Å²) < 4.78 is 53.7. The molecule has 0 radical (unpaired) electrons. The molecule has 1 amide bonds. The molecule has 2 fully saturated rings. The molecule has 3 rings (SSSR count). The predicted molar refractivity (Wildman–Crippen MR) is 87.4 cm³/mol. The van der Waals surface area contributed by atoms with Crippen LogP contribution in [0.15, 0.2) is 29.2 Å². The molecule has 0 bridgehead atoms. The van der Waals surface area contributed by atoms with Gasteiger partial charge in [0, 0.05) is 18.7 Å². The predicted octanol–water partition coefficient (Wildman–Crippen LogP) is 0.120. The van der Waals surface area contributed by atoms with Gasteiger partial charge in [-0.15, -0.1) is 0 Å². The third-order valence-corrected chi connectivity index (χ3v) is 8.51. The Kier molecular flexibility index (Phi) is 4.67. The van der Waals surface area contributed by atoms with Crippen molar-refractivity contribution in [3.63, 3.8) is 0 Å². The van der Waals surface area contributed by atoms with E-state index in [4.69, 9.17) is 4.74 Å². The number of hydrogen-bond donors (Lipinski definition) is 0.